The molecule has 7 nitrogen and oxygen atoms in total. The molecule has 11 heteroatoms. The second-order valence-electron chi connectivity index (χ2n) is 8.72. The molecule has 1 amide bonds. The van der Waals surface area contributed by atoms with Gasteiger partial charge in [0.15, 0.2) is 0 Å². The Hall–Kier alpha value is -2.40. The third kappa shape index (κ3) is 4.98. The van der Waals surface area contributed by atoms with Crippen LogP contribution in [0.2, 0.25) is 0 Å². The molecule has 1 aliphatic rings. The van der Waals surface area contributed by atoms with E-state index in [1.54, 1.807) is 4.90 Å². The van der Waals surface area contributed by atoms with Gasteiger partial charge in [0, 0.05) is 36.6 Å². The van der Waals surface area contributed by atoms with Crippen molar-refractivity contribution in [1.82, 2.24) is 15.2 Å². The maximum absolute atomic E-state index is 13.8. The van der Waals surface area contributed by atoms with Crippen LogP contribution in [-0.4, -0.2) is 66.6 Å². The molecule has 0 spiro atoms. The topological polar surface area (TPSA) is 74.8 Å². The van der Waals surface area contributed by atoms with Crippen molar-refractivity contribution >= 4 is 39.2 Å². The van der Waals surface area contributed by atoms with Crippen molar-refractivity contribution in [3.05, 3.63) is 22.6 Å². The Morgan fingerprint density at radius 3 is 2.56 bits per heavy atom. The van der Waals surface area contributed by atoms with Gasteiger partial charge in [0.1, 0.15) is 5.82 Å². The van der Waals surface area contributed by atoms with Gasteiger partial charge in [-0.05, 0) is 33.8 Å². The summed E-state index contributed by atoms with van der Waals surface area (Å²) >= 11 is 0.824. The molecular weight excluding hydrogens is 445 g/mol. The first-order chi connectivity index (χ1) is 14.8. The van der Waals surface area contributed by atoms with Crippen molar-refractivity contribution < 1.29 is 27.5 Å². The van der Waals surface area contributed by atoms with Crippen LogP contribution in [-0.2, 0) is 15.7 Å². The molecule has 0 unspecified atom stereocenters. The Morgan fingerprint density at radius 2 is 2.00 bits per heavy atom. The number of thiophene rings is 1. The molecule has 1 saturated heterocycles. The SMILES string of the molecule is COC(=O)c1csc2c(C(F)(F)F)cc(N3CCN(CC(=O)NC(C)C)C(C)(C)C3)nc12. The number of pyridine rings is 1. The number of nitrogens with one attached hydrogen (secondary N) is 1. The summed E-state index contributed by atoms with van der Waals surface area (Å²) in [4.78, 5) is 32.5. The first-order valence-electron chi connectivity index (χ1n) is 10.2. The average molecular weight is 473 g/mol. The fourth-order valence-corrected chi connectivity index (χ4v) is 4.85. The highest BCUT2D eigenvalue weighted by atomic mass is 32.1. The van der Waals surface area contributed by atoms with Gasteiger partial charge >= 0.3 is 12.1 Å². The number of carbonyl (C=O) groups is 2. The number of anilines is 1. The number of methoxy groups -OCH3 is 1. The molecular formula is C21H27F3N4O3S. The first-order valence-corrected chi connectivity index (χ1v) is 11.1. The summed E-state index contributed by atoms with van der Waals surface area (Å²) in [6.07, 6.45) is -4.60. The summed E-state index contributed by atoms with van der Waals surface area (Å²) in [5, 5.41) is 4.21. The maximum Gasteiger partial charge on any atom is 0.417 e. The van der Waals surface area contributed by atoms with Crippen molar-refractivity contribution in [3.8, 4) is 0 Å². The van der Waals surface area contributed by atoms with Crippen LogP contribution in [0.25, 0.3) is 10.2 Å². The van der Waals surface area contributed by atoms with Gasteiger partial charge in [-0.1, -0.05) is 0 Å². The van der Waals surface area contributed by atoms with E-state index in [1.165, 1.54) is 12.5 Å². The molecule has 0 radical (unpaired) electrons. The molecule has 0 aromatic carbocycles. The minimum atomic E-state index is -4.60. The Labute approximate surface area is 188 Å². The van der Waals surface area contributed by atoms with E-state index < -0.39 is 23.2 Å². The molecule has 32 heavy (non-hydrogen) atoms. The van der Waals surface area contributed by atoms with Gasteiger partial charge in [-0.25, -0.2) is 9.78 Å². The number of esters is 1. The number of piperazine rings is 1. The van der Waals surface area contributed by atoms with Gasteiger partial charge in [-0.2, -0.15) is 13.2 Å². The second-order valence-corrected chi connectivity index (χ2v) is 9.60. The summed E-state index contributed by atoms with van der Waals surface area (Å²) < 4.78 is 46.1. The standard InChI is InChI=1S/C21H27F3N4O3S/c1-12(2)25-16(29)9-28-7-6-27(11-20(28,3)4)15-8-14(21(22,23)24)18-17(26-15)13(10-32-18)19(30)31-5/h8,10,12H,6-7,9,11H2,1-5H3,(H,25,29). The smallest absolute Gasteiger partial charge is 0.417 e. The third-order valence-corrected chi connectivity index (χ3v) is 6.40. The van der Waals surface area contributed by atoms with E-state index in [1.807, 2.05) is 32.6 Å². The van der Waals surface area contributed by atoms with E-state index >= 15 is 0 Å². The molecule has 2 aromatic heterocycles. The van der Waals surface area contributed by atoms with E-state index in [0.29, 0.717) is 19.6 Å². The Kier molecular flexibility index (Phi) is 6.71. The number of hydrogen-bond donors (Lipinski definition) is 1. The lowest BCUT2D eigenvalue weighted by atomic mass is 9.98. The fraction of sp³-hybridized carbons (Fsp3) is 0.571. The molecule has 2 aromatic rings. The molecule has 0 aliphatic carbocycles. The third-order valence-electron chi connectivity index (χ3n) is 5.40. The summed E-state index contributed by atoms with van der Waals surface area (Å²) in [7, 11) is 1.18. The zero-order valence-corrected chi connectivity index (χ0v) is 19.5. The van der Waals surface area contributed by atoms with Crippen LogP contribution < -0.4 is 10.2 Å². The van der Waals surface area contributed by atoms with E-state index in [9.17, 15) is 22.8 Å². The second kappa shape index (κ2) is 8.86. The van der Waals surface area contributed by atoms with Crippen molar-refractivity contribution in [1.29, 1.82) is 0 Å². The molecule has 1 aliphatic heterocycles. The summed E-state index contributed by atoms with van der Waals surface area (Å²) in [5.41, 5.74) is -1.30. The molecule has 3 heterocycles. The van der Waals surface area contributed by atoms with Gasteiger partial charge in [0.05, 0.1) is 35.0 Å². The minimum absolute atomic E-state index is 0.0109. The van der Waals surface area contributed by atoms with Crippen LogP contribution in [0.15, 0.2) is 11.4 Å². The normalized spacial score (nSPS) is 17.1. The van der Waals surface area contributed by atoms with Crippen molar-refractivity contribution in [2.75, 3.05) is 38.2 Å². The van der Waals surface area contributed by atoms with Crippen LogP contribution in [0.4, 0.5) is 19.0 Å². The molecule has 176 valence electrons. The van der Waals surface area contributed by atoms with Crippen molar-refractivity contribution in [2.24, 2.45) is 0 Å². The number of alkyl halides is 3. The Morgan fingerprint density at radius 1 is 1.31 bits per heavy atom. The summed E-state index contributed by atoms with van der Waals surface area (Å²) in [5.74, 6) is -0.676. The molecule has 3 rings (SSSR count). The monoisotopic (exact) mass is 472 g/mol. The fourth-order valence-electron chi connectivity index (χ4n) is 3.84. The number of carbonyl (C=O) groups excluding carboxylic acids is 2. The zero-order chi connectivity index (χ0) is 23.8. The molecule has 1 fully saturated rings. The number of aromatic nitrogens is 1. The lowest BCUT2D eigenvalue weighted by molar-refractivity contribution is -0.136. The van der Waals surface area contributed by atoms with E-state index in [2.05, 4.69) is 10.3 Å². The van der Waals surface area contributed by atoms with Gasteiger partial charge in [-0.15, -0.1) is 11.3 Å². The number of fused-ring (bicyclic) bond motifs is 1. The molecule has 0 bridgehead atoms. The van der Waals surface area contributed by atoms with E-state index in [4.69, 9.17) is 4.74 Å². The Bertz CT molecular complexity index is 1020. The Balaban J connectivity index is 1.94. The number of ether oxygens (including phenoxy) is 1. The highest BCUT2D eigenvalue weighted by Crippen LogP contribution is 2.41. The van der Waals surface area contributed by atoms with Gasteiger partial charge in [-0.3, -0.25) is 9.69 Å². The lowest BCUT2D eigenvalue weighted by Gasteiger charge is -2.47. The minimum Gasteiger partial charge on any atom is -0.465 e. The number of halogens is 3. The number of nitrogens with zero attached hydrogens (tertiary/aromatic N) is 3. The quantitative estimate of drug-likeness (QED) is 0.672. The van der Waals surface area contributed by atoms with E-state index in [0.717, 1.165) is 17.4 Å². The first kappa shape index (κ1) is 24.2. The predicted molar refractivity (Wildman–Crippen MR) is 117 cm³/mol. The zero-order valence-electron chi connectivity index (χ0n) is 18.7. The van der Waals surface area contributed by atoms with E-state index in [-0.39, 0.29) is 40.1 Å². The number of hydrogen-bond acceptors (Lipinski definition) is 7. The average Bonchev–Trinajstić information content (AvgIpc) is 3.10. The van der Waals surface area contributed by atoms with Crippen molar-refractivity contribution in [2.45, 2.75) is 45.5 Å². The van der Waals surface area contributed by atoms with Gasteiger partial charge < -0.3 is 15.0 Å². The largest absolute Gasteiger partial charge is 0.465 e. The summed E-state index contributed by atoms with van der Waals surface area (Å²) in [6.45, 7) is 9.10. The van der Waals surface area contributed by atoms with Crippen LogP contribution in [0.3, 0.4) is 0 Å². The van der Waals surface area contributed by atoms with Gasteiger partial charge in [0.25, 0.3) is 0 Å². The lowest BCUT2D eigenvalue weighted by Crippen LogP contribution is -2.61. The highest BCUT2D eigenvalue weighted by Gasteiger charge is 2.39. The molecule has 1 N–H and O–H groups in total. The van der Waals surface area contributed by atoms with Crippen LogP contribution in [0.5, 0.6) is 0 Å². The van der Waals surface area contributed by atoms with Crippen LogP contribution in [0, 0.1) is 0 Å². The van der Waals surface area contributed by atoms with Crippen LogP contribution in [0.1, 0.15) is 43.6 Å². The predicted octanol–water partition coefficient (Wildman–Crippen LogP) is 3.53. The van der Waals surface area contributed by atoms with Crippen LogP contribution >= 0.6 is 11.3 Å². The number of amides is 1. The molecule has 0 saturated carbocycles. The summed E-state index contributed by atoms with van der Waals surface area (Å²) in [6, 6.07) is 1.06. The van der Waals surface area contributed by atoms with Crippen molar-refractivity contribution in [3.63, 3.8) is 0 Å². The van der Waals surface area contributed by atoms with Gasteiger partial charge in [0.2, 0.25) is 5.91 Å². The highest BCUT2D eigenvalue weighted by molar-refractivity contribution is 7.17. The molecule has 0 atom stereocenters. The maximum atomic E-state index is 13.8. The number of rotatable bonds is 5.